The Bertz CT molecular complexity index is 1060. The topological polar surface area (TPSA) is 9.23 Å². The van der Waals surface area contributed by atoms with Gasteiger partial charge in [0.1, 0.15) is 0 Å². The summed E-state index contributed by atoms with van der Waals surface area (Å²) in [4.78, 5) is 0. The van der Waals surface area contributed by atoms with E-state index in [0.717, 1.165) is 25.9 Å². The summed E-state index contributed by atoms with van der Waals surface area (Å²) in [5.41, 5.74) is 0.591. The molecule has 2 unspecified atom stereocenters. The maximum atomic E-state index is 6.88. The van der Waals surface area contributed by atoms with Crippen LogP contribution in [0.5, 0.6) is 0 Å². The molecule has 4 saturated carbocycles. The molecule has 0 heterocycles. The molecule has 0 N–H and O–H groups in total. The predicted molar refractivity (Wildman–Crippen MR) is 184 cm³/mol. The molecule has 0 aromatic heterocycles. The van der Waals surface area contributed by atoms with Crippen LogP contribution >= 0.6 is 8.13 Å². The van der Waals surface area contributed by atoms with E-state index in [2.05, 4.69) is 130 Å². The minimum atomic E-state index is -1.98. The Balaban J connectivity index is 0.000000162. The van der Waals surface area contributed by atoms with Crippen molar-refractivity contribution in [1.82, 2.24) is 0 Å². The van der Waals surface area contributed by atoms with Gasteiger partial charge in [0, 0.05) is 0 Å². The van der Waals surface area contributed by atoms with E-state index < -0.39 is 35.8 Å². The van der Waals surface area contributed by atoms with E-state index in [-0.39, 0.29) is 0 Å². The second-order valence-corrected chi connectivity index (χ2v) is 37.0. The van der Waals surface area contributed by atoms with Gasteiger partial charge in [-0.15, -0.1) is 8.13 Å². The molecule has 4 fully saturated rings. The molecule has 1 nitrogen and oxygen atoms in total. The van der Waals surface area contributed by atoms with Crippen LogP contribution in [0.4, 0.5) is 0 Å². The molecule has 5 heteroatoms. The van der Waals surface area contributed by atoms with Crippen molar-refractivity contribution in [2.45, 2.75) is 83.7 Å². The average Bonchev–Trinajstić information content (AvgIpc) is 2.89. The van der Waals surface area contributed by atoms with Crippen molar-refractivity contribution in [3.05, 3.63) is 91.0 Å². The molecular formula is C35H50OPSi2Sn. The Kier molecular flexibility index (Phi) is 9.89. The quantitative estimate of drug-likeness (QED) is 0.171. The van der Waals surface area contributed by atoms with E-state index in [9.17, 15) is 0 Å². The fourth-order valence-corrected chi connectivity index (χ4v) is 22.7. The molecule has 0 spiro atoms. The average molecular weight is 693 g/mol. The van der Waals surface area contributed by atoms with Gasteiger partial charge >= 0.3 is 121 Å². The van der Waals surface area contributed by atoms with Gasteiger partial charge in [-0.3, -0.25) is 0 Å². The molecule has 2 atom stereocenters. The molecule has 3 aromatic rings. The van der Waals surface area contributed by atoms with Gasteiger partial charge < -0.3 is 4.43 Å². The third-order valence-corrected chi connectivity index (χ3v) is 23.1. The Morgan fingerprint density at radius 2 is 0.975 bits per heavy atom. The van der Waals surface area contributed by atoms with Crippen molar-refractivity contribution in [3.63, 3.8) is 0 Å². The summed E-state index contributed by atoms with van der Waals surface area (Å²) in [6.07, 6.45) is 9.17. The Morgan fingerprint density at radius 3 is 1.27 bits per heavy atom. The maximum absolute atomic E-state index is 6.88. The number of hydrogen-bond acceptors (Lipinski definition) is 1. The minimum absolute atomic E-state index is 0.591. The van der Waals surface area contributed by atoms with Crippen LogP contribution in [-0.4, -0.2) is 41.7 Å². The van der Waals surface area contributed by atoms with Crippen molar-refractivity contribution >= 4 is 54.7 Å². The van der Waals surface area contributed by atoms with Crippen LogP contribution in [0, 0.1) is 23.2 Å². The first-order chi connectivity index (χ1) is 19.0. The van der Waals surface area contributed by atoms with Crippen molar-refractivity contribution < 1.29 is 4.43 Å². The van der Waals surface area contributed by atoms with E-state index in [1.165, 1.54) is 30.0 Å². The SMILES string of the molecule is C[Si](C)(C)OC(P[Si](C)(C)C)C12CC3CC(CC(C3)C1)C2.c1cc[c]([Sn]([c]2ccccc2)[c]2ccccc2)cc1. The molecule has 0 amide bonds. The summed E-state index contributed by atoms with van der Waals surface area (Å²) in [7, 11) is -1.39. The van der Waals surface area contributed by atoms with Gasteiger partial charge in [-0.25, -0.2) is 0 Å². The van der Waals surface area contributed by atoms with Crippen LogP contribution in [-0.2, 0) is 4.43 Å². The van der Waals surface area contributed by atoms with Gasteiger partial charge in [-0.05, 0) is 81.3 Å². The molecule has 0 aliphatic heterocycles. The summed E-state index contributed by atoms with van der Waals surface area (Å²) < 4.78 is 11.5. The third kappa shape index (κ3) is 8.01. The van der Waals surface area contributed by atoms with Crippen LogP contribution < -0.4 is 10.7 Å². The fourth-order valence-electron chi connectivity index (χ4n) is 7.87. The van der Waals surface area contributed by atoms with Gasteiger partial charge in [-0.2, -0.15) is 0 Å². The third-order valence-electron chi connectivity index (χ3n) is 8.86. The van der Waals surface area contributed by atoms with E-state index in [1.807, 2.05) is 0 Å². The summed E-state index contributed by atoms with van der Waals surface area (Å²) >= 11 is -1.98. The number of rotatable bonds is 8. The first-order valence-electron chi connectivity index (χ1n) is 15.5. The zero-order chi connectivity index (χ0) is 28.4. The monoisotopic (exact) mass is 693 g/mol. The van der Waals surface area contributed by atoms with Crippen molar-refractivity contribution in [2.24, 2.45) is 23.2 Å². The van der Waals surface area contributed by atoms with E-state index >= 15 is 0 Å². The molecule has 3 aromatic carbocycles. The number of benzene rings is 3. The summed E-state index contributed by atoms with van der Waals surface area (Å²) in [6, 6.07) is 32.9. The molecule has 213 valence electrons. The van der Waals surface area contributed by atoms with E-state index in [1.54, 1.807) is 19.3 Å². The Morgan fingerprint density at radius 1 is 0.625 bits per heavy atom. The molecule has 40 heavy (non-hydrogen) atoms. The Hall–Kier alpha value is -0.718. The molecule has 1 radical (unpaired) electrons. The van der Waals surface area contributed by atoms with Crippen LogP contribution in [0.3, 0.4) is 0 Å². The van der Waals surface area contributed by atoms with E-state index in [0.29, 0.717) is 11.3 Å². The number of hydrogen-bond donors (Lipinski definition) is 0. The first-order valence-corrected chi connectivity index (χ1v) is 28.8. The zero-order valence-electron chi connectivity index (χ0n) is 25.6. The first kappa shape index (κ1) is 30.7. The fraction of sp³-hybridized carbons (Fsp3) is 0.486. The normalized spacial score (nSPS) is 26.6. The molecule has 4 bridgehead atoms. The molecule has 4 aliphatic carbocycles. The van der Waals surface area contributed by atoms with Crippen LogP contribution in [0.25, 0.3) is 0 Å². The van der Waals surface area contributed by atoms with Gasteiger partial charge in [0.15, 0.2) is 8.32 Å². The predicted octanol–water partition coefficient (Wildman–Crippen LogP) is 8.10. The van der Waals surface area contributed by atoms with Crippen molar-refractivity contribution in [3.8, 4) is 0 Å². The molecular weight excluding hydrogens is 642 g/mol. The van der Waals surface area contributed by atoms with Crippen LogP contribution in [0.15, 0.2) is 91.0 Å². The summed E-state index contributed by atoms with van der Waals surface area (Å²) in [5.74, 6) is 3.77. The second kappa shape index (κ2) is 12.9. The Labute approximate surface area is 255 Å². The molecule has 0 saturated heterocycles. The standard InChI is InChI=1S/C17H35OPSi2.3C6H5.Sn/c1-20(2,3)18-16(19-21(4,5)6)17-10-13-7-14(11-17)9-15(8-13)12-17;3*1-2-4-6-5-3-1;/h13-16,19H,7-12H2,1-6H3;3*1-5H;. The van der Waals surface area contributed by atoms with Gasteiger partial charge in [0.25, 0.3) is 0 Å². The summed E-state index contributed by atoms with van der Waals surface area (Å²) in [6.45, 7) is 14.8. The van der Waals surface area contributed by atoms with E-state index in [4.69, 9.17) is 4.43 Å². The van der Waals surface area contributed by atoms with Gasteiger partial charge in [0.2, 0.25) is 0 Å². The zero-order valence-corrected chi connectivity index (χ0v) is 31.5. The molecule has 4 aliphatic rings. The second-order valence-electron chi connectivity index (χ2n) is 14.8. The van der Waals surface area contributed by atoms with Gasteiger partial charge in [0.05, 0.1) is 13.6 Å². The van der Waals surface area contributed by atoms with Crippen molar-refractivity contribution in [2.75, 3.05) is 0 Å². The van der Waals surface area contributed by atoms with Crippen LogP contribution in [0.2, 0.25) is 39.3 Å². The summed E-state index contributed by atoms with van der Waals surface area (Å²) in [5, 5.41) is 0. The van der Waals surface area contributed by atoms with Crippen molar-refractivity contribution in [1.29, 1.82) is 0 Å². The van der Waals surface area contributed by atoms with Crippen LogP contribution in [0.1, 0.15) is 38.5 Å². The van der Waals surface area contributed by atoms with Gasteiger partial charge in [-0.1, -0.05) is 19.6 Å². The molecule has 7 rings (SSSR count).